The Bertz CT molecular complexity index is 637. The summed E-state index contributed by atoms with van der Waals surface area (Å²) in [7, 11) is 0. The second kappa shape index (κ2) is 6.37. The maximum Gasteiger partial charge on any atom is 0.269 e. The number of rotatable bonds is 5. The Kier molecular flexibility index (Phi) is 4.55. The van der Waals surface area contributed by atoms with Crippen molar-refractivity contribution in [2.75, 3.05) is 0 Å². The number of non-ortho nitro benzene ring substituents is 1. The van der Waals surface area contributed by atoms with Gasteiger partial charge in [-0.25, -0.2) is 0 Å². The van der Waals surface area contributed by atoms with E-state index < -0.39 is 11.0 Å². The van der Waals surface area contributed by atoms with E-state index in [2.05, 4.69) is 0 Å². The van der Waals surface area contributed by atoms with Gasteiger partial charge in [-0.05, 0) is 42.7 Å². The van der Waals surface area contributed by atoms with Crippen LogP contribution in [0.4, 0.5) is 5.69 Å². The summed E-state index contributed by atoms with van der Waals surface area (Å²) in [5.74, 6) is 1.20. The lowest BCUT2D eigenvalue weighted by molar-refractivity contribution is -0.384. The van der Waals surface area contributed by atoms with Gasteiger partial charge in [0.1, 0.15) is 11.5 Å². The lowest BCUT2D eigenvalue weighted by atomic mass is 10.1. The van der Waals surface area contributed by atoms with Crippen LogP contribution in [0.3, 0.4) is 0 Å². The molecule has 0 amide bonds. The molecule has 2 rings (SSSR count). The molecule has 0 heterocycles. The van der Waals surface area contributed by atoms with Gasteiger partial charge in [0.2, 0.25) is 0 Å². The Labute approximate surface area is 123 Å². The number of aryl methyl sites for hydroxylation is 1. The molecular weight excluding hydrogens is 270 g/mol. The molecule has 1 atom stereocenters. The number of aliphatic hydroxyl groups is 1. The molecule has 110 valence electrons. The predicted octanol–water partition coefficient (Wildman–Crippen LogP) is 4.14. The van der Waals surface area contributed by atoms with Crippen LogP contribution in [0.25, 0.3) is 0 Å². The molecule has 1 N–H and O–H groups in total. The van der Waals surface area contributed by atoms with E-state index in [9.17, 15) is 15.2 Å². The SMILES string of the molecule is CC[C@@H](O)c1ccc(Oc2ccc([N+](=O)[O-])cc2C)cc1. The lowest BCUT2D eigenvalue weighted by Gasteiger charge is -2.11. The standard InChI is InChI=1S/C16H17NO4/c1-3-15(18)12-4-7-14(8-5-12)21-16-9-6-13(17(19)20)10-11(16)2/h4-10,15,18H,3H2,1-2H3/t15-/m1/s1. The van der Waals surface area contributed by atoms with Gasteiger partial charge in [-0.3, -0.25) is 10.1 Å². The summed E-state index contributed by atoms with van der Waals surface area (Å²) in [6.07, 6.45) is 0.182. The molecule has 0 aromatic heterocycles. The molecule has 0 saturated heterocycles. The minimum Gasteiger partial charge on any atom is -0.457 e. The highest BCUT2D eigenvalue weighted by molar-refractivity contribution is 5.45. The number of aliphatic hydroxyl groups excluding tert-OH is 1. The van der Waals surface area contributed by atoms with Crippen LogP contribution in [0, 0.1) is 17.0 Å². The first-order chi connectivity index (χ1) is 10.0. The quantitative estimate of drug-likeness (QED) is 0.662. The summed E-state index contributed by atoms with van der Waals surface area (Å²) in [4.78, 5) is 10.3. The van der Waals surface area contributed by atoms with E-state index in [-0.39, 0.29) is 5.69 Å². The highest BCUT2D eigenvalue weighted by Crippen LogP contribution is 2.29. The molecule has 0 aliphatic rings. The van der Waals surface area contributed by atoms with E-state index in [0.717, 1.165) is 5.56 Å². The molecule has 0 aliphatic heterocycles. The number of nitrogens with zero attached hydrogens (tertiary/aromatic N) is 1. The minimum atomic E-state index is -0.472. The van der Waals surface area contributed by atoms with Gasteiger partial charge in [0.05, 0.1) is 11.0 Å². The van der Waals surface area contributed by atoms with Gasteiger partial charge in [0.25, 0.3) is 5.69 Å². The highest BCUT2D eigenvalue weighted by Gasteiger charge is 2.10. The molecule has 0 radical (unpaired) electrons. The van der Waals surface area contributed by atoms with Crippen LogP contribution in [-0.4, -0.2) is 10.0 Å². The van der Waals surface area contributed by atoms with Gasteiger partial charge >= 0.3 is 0 Å². The van der Waals surface area contributed by atoms with Crippen molar-refractivity contribution in [3.63, 3.8) is 0 Å². The molecule has 21 heavy (non-hydrogen) atoms. The first-order valence-corrected chi connectivity index (χ1v) is 6.72. The Balaban J connectivity index is 2.16. The second-order valence-corrected chi connectivity index (χ2v) is 4.80. The Morgan fingerprint density at radius 3 is 2.43 bits per heavy atom. The zero-order chi connectivity index (χ0) is 15.4. The average molecular weight is 287 g/mol. The lowest BCUT2D eigenvalue weighted by Crippen LogP contribution is -1.95. The van der Waals surface area contributed by atoms with Crippen LogP contribution < -0.4 is 4.74 Å². The van der Waals surface area contributed by atoms with Crippen molar-refractivity contribution in [2.45, 2.75) is 26.4 Å². The van der Waals surface area contributed by atoms with Crippen molar-refractivity contribution >= 4 is 5.69 Å². The predicted molar refractivity (Wildman–Crippen MR) is 79.6 cm³/mol. The van der Waals surface area contributed by atoms with E-state index in [1.807, 2.05) is 19.1 Å². The van der Waals surface area contributed by atoms with Gasteiger partial charge in [-0.15, -0.1) is 0 Å². The molecule has 0 spiro atoms. The summed E-state index contributed by atoms with van der Waals surface area (Å²) in [5.41, 5.74) is 1.58. The van der Waals surface area contributed by atoms with E-state index in [1.54, 1.807) is 25.1 Å². The summed E-state index contributed by atoms with van der Waals surface area (Å²) in [6.45, 7) is 3.67. The Morgan fingerprint density at radius 2 is 1.90 bits per heavy atom. The summed E-state index contributed by atoms with van der Waals surface area (Å²) in [6, 6.07) is 11.6. The Hall–Kier alpha value is -2.40. The maximum atomic E-state index is 10.7. The molecular formula is C16H17NO4. The van der Waals surface area contributed by atoms with E-state index in [1.165, 1.54) is 12.1 Å². The van der Waals surface area contributed by atoms with Crippen LogP contribution in [0.2, 0.25) is 0 Å². The molecule has 0 saturated carbocycles. The van der Waals surface area contributed by atoms with Crippen molar-refractivity contribution in [3.8, 4) is 11.5 Å². The fourth-order valence-electron chi connectivity index (χ4n) is 1.98. The van der Waals surface area contributed by atoms with Gasteiger partial charge in [-0.2, -0.15) is 0 Å². The fourth-order valence-corrected chi connectivity index (χ4v) is 1.98. The van der Waals surface area contributed by atoms with Gasteiger partial charge in [0, 0.05) is 12.1 Å². The smallest absolute Gasteiger partial charge is 0.269 e. The summed E-state index contributed by atoms with van der Waals surface area (Å²) >= 11 is 0. The van der Waals surface area contributed by atoms with Crippen molar-refractivity contribution in [2.24, 2.45) is 0 Å². The van der Waals surface area contributed by atoms with Crippen LogP contribution in [-0.2, 0) is 0 Å². The van der Waals surface area contributed by atoms with Crippen molar-refractivity contribution in [3.05, 3.63) is 63.7 Å². The van der Waals surface area contributed by atoms with Crippen molar-refractivity contribution < 1.29 is 14.8 Å². The largest absolute Gasteiger partial charge is 0.457 e. The first kappa shape index (κ1) is 15.0. The zero-order valence-corrected chi connectivity index (χ0v) is 11.9. The molecule has 2 aromatic carbocycles. The van der Waals surface area contributed by atoms with Crippen molar-refractivity contribution in [1.29, 1.82) is 0 Å². The monoisotopic (exact) mass is 287 g/mol. The highest BCUT2D eigenvalue weighted by atomic mass is 16.6. The van der Waals surface area contributed by atoms with Gasteiger partial charge in [0.15, 0.2) is 0 Å². The van der Waals surface area contributed by atoms with E-state index in [4.69, 9.17) is 4.74 Å². The van der Waals surface area contributed by atoms with E-state index in [0.29, 0.717) is 23.5 Å². The molecule has 2 aromatic rings. The average Bonchev–Trinajstić information content (AvgIpc) is 2.49. The van der Waals surface area contributed by atoms with Gasteiger partial charge in [-0.1, -0.05) is 19.1 Å². The van der Waals surface area contributed by atoms with Crippen LogP contribution in [0.15, 0.2) is 42.5 Å². The number of nitro groups is 1. The Morgan fingerprint density at radius 1 is 1.24 bits per heavy atom. The fraction of sp³-hybridized carbons (Fsp3) is 0.250. The second-order valence-electron chi connectivity index (χ2n) is 4.80. The normalized spacial score (nSPS) is 12.0. The number of hydrogen-bond acceptors (Lipinski definition) is 4. The molecule has 0 fully saturated rings. The number of ether oxygens (including phenoxy) is 1. The first-order valence-electron chi connectivity index (χ1n) is 6.72. The summed E-state index contributed by atoms with van der Waals surface area (Å²) < 4.78 is 5.71. The molecule has 5 nitrogen and oxygen atoms in total. The number of hydrogen-bond donors (Lipinski definition) is 1. The topological polar surface area (TPSA) is 72.6 Å². The summed E-state index contributed by atoms with van der Waals surface area (Å²) in [5, 5.41) is 20.4. The molecule has 0 unspecified atom stereocenters. The molecule has 0 bridgehead atoms. The van der Waals surface area contributed by atoms with Crippen LogP contribution in [0.1, 0.15) is 30.6 Å². The number of benzene rings is 2. The third kappa shape index (κ3) is 3.58. The zero-order valence-electron chi connectivity index (χ0n) is 11.9. The minimum absolute atomic E-state index is 0.0428. The van der Waals surface area contributed by atoms with Crippen LogP contribution >= 0.6 is 0 Å². The van der Waals surface area contributed by atoms with Gasteiger partial charge < -0.3 is 9.84 Å². The van der Waals surface area contributed by atoms with E-state index >= 15 is 0 Å². The molecule has 0 aliphatic carbocycles. The molecule has 5 heteroatoms. The third-order valence-corrected chi connectivity index (χ3v) is 3.25. The number of nitro benzene ring substituents is 1. The maximum absolute atomic E-state index is 10.7. The third-order valence-electron chi connectivity index (χ3n) is 3.25. The van der Waals surface area contributed by atoms with Crippen LogP contribution in [0.5, 0.6) is 11.5 Å². The van der Waals surface area contributed by atoms with Crippen molar-refractivity contribution in [1.82, 2.24) is 0 Å².